The molecule has 0 N–H and O–H groups in total. The van der Waals surface area contributed by atoms with Crippen molar-refractivity contribution in [2.24, 2.45) is 0 Å². The van der Waals surface area contributed by atoms with Gasteiger partial charge in [-0.25, -0.2) is 9.18 Å². The highest BCUT2D eigenvalue weighted by Gasteiger charge is 2.47. The molecule has 3 unspecified atom stereocenters. The van der Waals surface area contributed by atoms with E-state index in [2.05, 4.69) is 11.3 Å². The molecule has 0 bridgehead atoms. The van der Waals surface area contributed by atoms with E-state index >= 15 is 0 Å². The predicted molar refractivity (Wildman–Crippen MR) is 56.0 cm³/mol. The number of ether oxygens (including phenoxy) is 2. The first kappa shape index (κ1) is 11.9. The number of methoxy groups -OCH3 is 1. The SMILES string of the molecule is C=C1CC2C(CC1F)OC(=O)N2CC(=O)OC. The summed E-state index contributed by atoms with van der Waals surface area (Å²) >= 11 is 0. The molecule has 5 nitrogen and oxygen atoms in total. The van der Waals surface area contributed by atoms with Crippen molar-refractivity contribution in [3.63, 3.8) is 0 Å². The molecule has 2 fully saturated rings. The van der Waals surface area contributed by atoms with Crippen molar-refractivity contribution in [3.8, 4) is 0 Å². The fourth-order valence-corrected chi connectivity index (χ4v) is 2.21. The Labute approximate surface area is 98.2 Å². The molecule has 1 saturated heterocycles. The minimum absolute atomic E-state index is 0.118. The van der Waals surface area contributed by atoms with Gasteiger partial charge in [0, 0.05) is 6.42 Å². The number of amides is 1. The molecule has 3 atom stereocenters. The topological polar surface area (TPSA) is 55.8 Å². The number of carbonyl (C=O) groups excluding carboxylic acids is 2. The highest BCUT2D eigenvalue weighted by atomic mass is 19.1. The molecule has 94 valence electrons. The molecule has 1 amide bonds. The van der Waals surface area contributed by atoms with Crippen molar-refractivity contribution < 1.29 is 23.5 Å². The standard InChI is InChI=1S/C11H14FNO4/c1-6-3-8-9(4-7(6)12)17-11(15)13(8)5-10(14)16-2/h7-9H,1,3-5H2,2H3. The summed E-state index contributed by atoms with van der Waals surface area (Å²) < 4.78 is 22.9. The van der Waals surface area contributed by atoms with Gasteiger partial charge in [0.2, 0.25) is 0 Å². The van der Waals surface area contributed by atoms with E-state index in [0.29, 0.717) is 12.0 Å². The monoisotopic (exact) mass is 243 g/mol. The van der Waals surface area contributed by atoms with E-state index in [9.17, 15) is 14.0 Å². The number of hydrogen-bond acceptors (Lipinski definition) is 4. The van der Waals surface area contributed by atoms with Crippen LogP contribution in [-0.4, -0.2) is 48.9 Å². The molecule has 0 aromatic heterocycles. The van der Waals surface area contributed by atoms with Crippen molar-refractivity contribution in [2.45, 2.75) is 31.2 Å². The largest absolute Gasteiger partial charge is 0.468 e. The predicted octanol–water partition coefficient (Wildman–Crippen LogP) is 1.04. The summed E-state index contributed by atoms with van der Waals surface area (Å²) in [6.45, 7) is 3.46. The highest BCUT2D eigenvalue weighted by Crippen LogP contribution is 2.35. The number of alkyl halides is 1. The second-order valence-corrected chi connectivity index (χ2v) is 4.26. The number of fused-ring (bicyclic) bond motifs is 1. The van der Waals surface area contributed by atoms with Crippen LogP contribution < -0.4 is 0 Å². The van der Waals surface area contributed by atoms with Gasteiger partial charge in [-0.05, 0) is 12.0 Å². The zero-order valence-electron chi connectivity index (χ0n) is 9.52. The van der Waals surface area contributed by atoms with Gasteiger partial charge in [-0.1, -0.05) is 6.58 Å². The minimum atomic E-state index is -1.14. The molecule has 2 aliphatic rings. The Bertz CT molecular complexity index is 370. The smallest absolute Gasteiger partial charge is 0.411 e. The quantitative estimate of drug-likeness (QED) is 0.537. The fourth-order valence-electron chi connectivity index (χ4n) is 2.21. The van der Waals surface area contributed by atoms with Gasteiger partial charge in [0.25, 0.3) is 0 Å². The number of carbonyl (C=O) groups is 2. The van der Waals surface area contributed by atoms with E-state index in [-0.39, 0.29) is 19.0 Å². The van der Waals surface area contributed by atoms with Gasteiger partial charge in [0.1, 0.15) is 18.8 Å². The van der Waals surface area contributed by atoms with Gasteiger partial charge in [0.15, 0.2) is 0 Å². The Kier molecular flexibility index (Phi) is 3.04. The van der Waals surface area contributed by atoms with E-state index in [1.165, 1.54) is 12.0 Å². The van der Waals surface area contributed by atoms with Crippen LogP contribution in [0.3, 0.4) is 0 Å². The minimum Gasteiger partial charge on any atom is -0.468 e. The Morgan fingerprint density at radius 1 is 1.71 bits per heavy atom. The summed E-state index contributed by atoms with van der Waals surface area (Å²) in [5.41, 5.74) is 0.444. The second kappa shape index (κ2) is 4.35. The van der Waals surface area contributed by atoms with E-state index in [1.807, 2.05) is 0 Å². The van der Waals surface area contributed by atoms with Gasteiger partial charge >= 0.3 is 12.1 Å². The molecule has 1 aliphatic carbocycles. The number of halogens is 1. The first-order valence-corrected chi connectivity index (χ1v) is 5.38. The third-order valence-electron chi connectivity index (χ3n) is 3.20. The number of esters is 1. The van der Waals surface area contributed by atoms with E-state index in [4.69, 9.17) is 4.74 Å². The van der Waals surface area contributed by atoms with Crippen LogP contribution in [0.1, 0.15) is 12.8 Å². The van der Waals surface area contributed by atoms with E-state index in [0.717, 1.165) is 0 Å². The molecule has 0 radical (unpaired) electrons. The lowest BCUT2D eigenvalue weighted by molar-refractivity contribution is -0.141. The van der Waals surface area contributed by atoms with Crippen molar-refractivity contribution in [1.82, 2.24) is 4.90 Å². The maximum atomic E-state index is 13.4. The van der Waals surface area contributed by atoms with Crippen LogP contribution in [-0.2, 0) is 14.3 Å². The lowest BCUT2D eigenvalue weighted by Gasteiger charge is -2.30. The molecule has 1 aliphatic heterocycles. The molecule has 0 aromatic carbocycles. The summed E-state index contributed by atoms with van der Waals surface area (Å²) in [7, 11) is 1.25. The van der Waals surface area contributed by atoms with Crippen molar-refractivity contribution in [1.29, 1.82) is 0 Å². The molecule has 0 aromatic rings. The van der Waals surface area contributed by atoms with Gasteiger partial charge in [-0.2, -0.15) is 0 Å². The third-order valence-corrected chi connectivity index (χ3v) is 3.20. The van der Waals surface area contributed by atoms with Crippen LogP contribution >= 0.6 is 0 Å². The van der Waals surface area contributed by atoms with Crippen LogP contribution in [0.4, 0.5) is 9.18 Å². The van der Waals surface area contributed by atoms with Crippen LogP contribution in [0.5, 0.6) is 0 Å². The Hall–Kier alpha value is -1.59. The zero-order valence-corrected chi connectivity index (χ0v) is 9.52. The van der Waals surface area contributed by atoms with Crippen LogP contribution in [0.25, 0.3) is 0 Å². The number of hydrogen-bond donors (Lipinski definition) is 0. The van der Waals surface area contributed by atoms with Crippen LogP contribution in [0.15, 0.2) is 12.2 Å². The molecule has 2 rings (SSSR count). The maximum Gasteiger partial charge on any atom is 0.411 e. The number of rotatable bonds is 2. The lowest BCUT2D eigenvalue weighted by atomic mass is 9.87. The molecule has 1 heterocycles. The molecule has 17 heavy (non-hydrogen) atoms. The normalized spacial score (nSPS) is 32.1. The first-order chi connectivity index (χ1) is 8.02. The van der Waals surface area contributed by atoms with Crippen LogP contribution in [0, 0.1) is 0 Å². The maximum absolute atomic E-state index is 13.4. The van der Waals surface area contributed by atoms with Crippen LogP contribution in [0.2, 0.25) is 0 Å². The van der Waals surface area contributed by atoms with Gasteiger partial charge in [-0.15, -0.1) is 0 Å². The molecule has 6 heteroatoms. The summed E-state index contributed by atoms with van der Waals surface area (Å²) in [5.74, 6) is -0.518. The lowest BCUT2D eigenvalue weighted by Crippen LogP contribution is -2.44. The van der Waals surface area contributed by atoms with Gasteiger partial charge in [-0.3, -0.25) is 9.69 Å². The van der Waals surface area contributed by atoms with Crippen molar-refractivity contribution >= 4 is 12.1 Å². The average Bonchev–Trinajstić information content (AvgIpc) is 2.56. The van der Waals surface area contributed by atoms with E-state index in [1.54, 1.807) is 0 Å². The molecule has 1 saturated carbocycles. The average molecular weight is 243 g/mol. The highest BCUT2D eigenvalue weighted by molar-refractivity contribution is 5.79. The van der Waals surface area contributed by atoms with Crippen molar-refractivity contribution in [3.05, 3.63) is 12.2 Å². The second-order valence-electron chi connectivity index (χ2n) is 4.26. The third kappa shape index (κ3) is 2.11. The zero-order chi connectivity index (χ0) is 12.6. The fraction of sp³-hybridized carbons (Fsp3) is 0.636. The summed E-state index contributed by atoms with van der Waals surface area (Å²) in [4.78, 5) is 24.0. The van der Waals surface area contributed by atoms with Crippen molar-refractivity contribution in [2.75, 3.05) is 13.7 Å². The Balaban J connectivity index is 2.10. The number of nitrogens with zero attached hydrogens (tertiary/aromatic N) is 1. The van der Waals surface area contributed by atoms with E-state index < -0.39 is 24.3 Å². The Morgan fingerprint density at radius 2 is 2.41 bits per heavy atom. The Morgan fingerprint density at radius 3 is 3.06 bits per heavy atom. The molecular weight excluding hydrogens is 229 g/mol. The summed E-state index contributed by atoms with van der Waals surface area (Å²) in [5, 5.41) is 0. The van der Waals surface area contributed by atoms with Gasteiger partial charge in [0.05, 0.1) is 13.2 Å². The molecule has 0 spiro atoms. The van der Waals surface area contributed by atoms with Gasteiger partial charge < -0.3 is 9.47 Å². The first-order valence-electron chi connectivity index (χ1n) is 5.38. The molecular formula is C11H14FNO4. The summed E-state index contributed by atoms with van der Waals surface area (Å²) in [6, 6.07) is -0.305. The summed E-state index contributed by atoms with van der Waals surface area (Å²) in [6.07, 6.45) is -1.77.